The second-order valence-corrected chi connectivity index (χ2v) is 7.07. The van der Waals surface area contributed by atoms with Crippen LogP contribution in [0.1, 0.15) is 16.2 Å². The third kappa shape index (κ3) is 4.81. The van der Waals surface area contributed by atoms with Gasteiger partial charge in [-0.25, -0.2) is 15.0 Å². The summed E-state index contributed by atoms with van der Waals surface area (Å²) in [6.45, 7) is 1.83. The number of carbonyl (C=O) groups is 1. The standard InChI is InChI=1S/C22H19ClN6O2/c1-14-25-20(12-21(26-14)29-10-9-24-13-29)27-16-4-6-17(7-5-16)28-22(30)18-11-15(23)3-8-19(18)31-2/h3-13H,1-2H3,(H,28,30)(H,25,26,27). The molecule has 0 aliphatic carbocycles. The first kappa shape index (κ1) is 20.4. The van der Waals surface area contributed by atoms with E-state index >= 15 is 0 Å². The molecule has 0 fully saturated rings. The number of halogens is 1. The van der Waals surface area contributed by atoms with E-state index in [1.807, 2.05) is 35.9 Å². The van der Waals surface area contributed by atoms with E-state index in [0.717, 1.165) is 5.69 Å². The third-order valence-electron chi connectivity index (χ3n) is 4.41. The Hall–Kier alpha value is -3.91. The fourth-order valence-corrected chi connectivity index (χ4v) is 3.16. The van der Waals surface area contributed by atoms with Gasteiger partial charge in [0.1, 0.15) is 29.5 Å². The Morgan fingerprint density at radius 2 is 1.84 bits per heavy atom. The number of imidazole rings is 1. The number of benzene rings is 2. The van der Waals surface area contributed by atoms with Crippen molar-refractivity contribution in [2.45, 2.75) is 6.92 Å². The van der Waals surface area contributed by atoms with Crippen molar-refractivity contribution in [2.75, 3.05) is 17.7 Å². The van der Waals surface area contributed by atoms with Gasteiger partial charge in [0.2, 0.25) is 0 Å². The van der Waals surface area contributed by atoms with Gasteiger partial charge >= 0.3 is 0 Å². The molecule has 4 rings (SSSR count). The van der Waals surface area contributed by atoms with Crippen LogP contribution in [0.5, 0.6) is 5.75 Å². The van der Waals surface area contributed by atoms with Crippen LogP contribution >= 0.6 is 11.6 Å². The smallest absolute Gasteiger partial charge is 0.259 e. The van der Waals surface area contributed by atoms with Crippen LogP contribution in [0.25, 0.3) is 5.82 Å². The van der Waals surface area contributed by atoms with Gasteiger partial charge in [0.05, 0.1) is 12.7 Å². The van der Waals surface area contributed by atoms with E-state index in [2.05, 4.69) is 25.6 Å². The molecular formula is C22H19ClN6O2. The highest BCUT2D eigenvalue weighted by molar-refractivity contribution is 6.31. The number of aromatic nitrogens is 4. The van der Waals surface area contributed by atoms with Crippen LogP contribution in [0.15, 0.2) is 67.3 Å². The maximum Gasteiger partial charge on any atom is 0.259 e. The van der Waals surface area contributed by atoms with Gasteiger partial charge in [0.25, 0.3) is 5.91 Å². The number of ether oxygens (including phenoxy) is 1. The second-order valence-electron chi connectivity index (χ2n) is 6.63. The number of amides is 1. The van der Waals surface area contributed by atoms with Crippen LogP contribution in [-0.4, -0.2) is 32.5 Å². The molecular weight excluding hydrogens is 416 g/mol. The van der Waals surface area contributed by atoms with E-state index in [4.69, 9.17) is 16.3 Å². The molecule has 0 bridgehead atoms. The van der Waals surface area contributed by atoms with Gasteiger partial charge in [-0.2, -0.15) is 0 Å². The minimum Gasteiger partial charge on any atom is -0.496 e. The summed E-state index contributed by atoms with van der Waals surface area (Å²) in [5.74, 6) is 2.14. The highest BCUT2D eigenvalue weighted by Gasteiger charge is 2.13. The molecule has 1 amide bonds. The molecule has 2 N–H and O–H groups in total. The summed E-state index contributed by atoms with van der Waals surface area (Å²) in [7, 11) is 1.51. The molecule has 0 aliphatic rings. The number of nitrogens with one attached hydrogen (secondary N) is 2. The highest BCUT2D eigenvalue weighted by Crippen LogP contribution is 2.25. The van der Waals surface area contributed by atoms with Crippen molar-refractivity contribution in [1.82, 2.24) is 19.5 Å². The number of methoxy groups -OCH3 is 1. The van der Waals surface area contributed by atoms with Gasteiger partial charge in [-0.1, -0.05) is 11.6 Å². The minimum absolute atomic E-state index is 0.309. The molecule has 156 valence electrons. The van der Waals surface area contributed by atoms with Crippen molar-refractivity contribution < 1.29 is 9.53 Å². The van der Waals surface area contributed by atoms with Crippen molar-refractivity contribution >= 4 is 34.7 Å². The van der Waals surface area contributed by atoms with Crippen molar-refractivity contribution in [3.63, 3.8) is 0 Å². The molecule has 0 saturated carbocycles. The lowest BCUT2D eigenvalue weighted by atomic mass is 10.1. The number of carbonyl (C=O) groups excluding carboxylic acids is 1. The SMILES string of the molecule is COc1ccc(Cl)cc1C(=O)Nc1ccc(Nc2cc(-n3ccnc3)nc(C)n2)cc1. The maximum absolute atomic E-state index is 12.6. The monoisotopic (exact) mass is 434 g/mol. The lowest BCUT2D eigenvalue weighted by Crippen LogP contribution is -2.13. The summed E-state index contributed by atoms with van der Waals surface area (Å²) in [6.07, 6.45) is 5.19. The molecule has 9 heteroatoms. The number of anilines is 3. The van der Waals surface area contributed by atoms with E-state index in [-0.39, 0.29) is 5.91 Å². The number of hydrogen-bond acceptors (Lipinski definition) is 6. The lowest BCUT2D eigenvalue weighted by molar-refractivity contribution is 0.102. The molecule has 0 unspecified atom stereocenters. The summed E-state index contributed by atoms with van der Waals surface area (Å²) in [6, 6.07) is 14.0. The van der Waals surface area contributed by atoms with Crippen molar-refractivity contribution in [3.8, 4) is 11.6 Å². The molecule has 0 spiro atoms. The number of aryl methyl sites for hydroxylation is 1. The Labute approximate surface area is 183 Å². The first-order valence-corrected chi connectivity index (χ1v) is 9.75. The highest BCUT2D eigenvalue weighted by atomic mass is 35.5. The number of rotatable bonds is 6. The fraction of sp³-hybridized carbons (Fsp3) is 0.0909. The van der Waals surface area contributed by atoms with Crippen LogP contribution in [-0.2, 0) is 0 Å². The Morgan fingerprint density at radius 3 is 2.55 bits per heavy atom. The zero-order chi connectivity index (χ0) is 21.8. The molecule has 2 aromatic carbocycles. The van der Waals surface area contributed by atoms with E-state index in [1.165, 1.54) is 7.11 Å². The first-order chi connectivity index (χ1) is 15.0. The van der Waals surface area contributed by atoms with Crippen LogP contribution in [0.2, 0.25) is 5.02 Å². The van der Waals surface area contributed by atoms with Crippen LogP contribution < -0.4 is 15.4 Å². The van der Waals surface area contributed by atoms with Gasteiger partial charge in [0.15, 0.2) is 0 Å². The molecule has 4 aromatic rings. The summed E-state index contributed by atoms with van der Waals surface area (Å²) >= 11 is 6.01. The molecule has 0 aliphatic heterocycles. The van der Waals surface area contributed by atoms with Gasteiger partial charge in [-0.3, -0.25) is 9.36 Å². The summed E-state index contributed by atoms with van der Waals surface area (Å²) in [4.78, 5) is 25.5. The number of nitrogens with zero attached hydrogens (tertiary/aromatic N) is 4. The molecule has 31 heavy (non-hydrogen) atoms. The molecule has 2 heterocycles. The van der Waals surface area contributed by atoms with Crippen LogP contribution in [0.4, 0.5) is 17.2 Å². The molecule has 0 radical (unpaired) electrons. The Bertz CT molecular complexity index is 1210. The van der Waals surface area contributed by atoms with Crippen LogP contribution in [0.3, 0.4) is 0 Å². The van der Waals surface area contributed by atoms with E-state index < -0.39 is 0 Å². The lowest BCUT2D eigenvalue weighted by Gasteiger charge is -2.11. The fourth-order valence-electron chi connectivity index (χ4n) is 2.98. The Morgan fingerprint density at radius 1 is 1.06 bits per heavy atom. The molecule has 0 saturated heterocycles. The maximum atomic E-state index is 12.6. The quantitative estimate of drug-likeness (QED) is 0.459. The predicted octanol–water partition coefficient (Wildman–Crippen LogP) is 4.63. The van der Waals surface area contributed by atoms with Crippen LogP contribution in [0, 0.1) is 6.92 Å². The van der Waals surface area contributed by atoms with E-state index in [0.29, 0.717) is 39.5 Å². The topological polar surface area (TPSA) is 94.0 Å². The average molecular weight is 435 g/mol. The van der Waals surface area contributed by atoms with E-state index in [9.17, 15) is 4.79 Å². The largest absolute Gasteiger partial charge is 0.496 e. The summed E-state index contributed by atoms with van der Waals surface area (Å²) in [5.41, 5.74) is 1.81. The predicted molar refractivity (Wildman–Crippen MR) is 120 cm³/mol. The van der Waals surface area contributed by atoms with E-state index in [1.54, 1.807) is 42.9 Å². The zero-order valence-electron chi connectivity index (χ0n) is 16.8. The zero-order valence-corrected chi connectivity index (χ0v) is 17.6. The van der Waals surface area contributed by atoms with Crippen molar-refractivity contribution in [3.05, 3.63) is 83.7 Å². The Balaban J connectivity index is 1.48. The molecule has 0 atom stereocenters. The van der Waals surface area contributed by atoms with Crippen molar-refractivity contribution in [2.24, 2.45) is 0 Å². The van der Waals surface area contributed by atoms with Gasteiger partial charge in [-0.15, -0.1) is 0 Å². The summed E-state index contributed by atoms with van der Waals surface area (Å²) < 4.78 is 7.05. The van der Waals surface area contributed by atoms with Gasteiger partial charge in [0, 0.05) is 34.9 Å². The summed E-state index contributed by atoms with van der Waals surface area (Å²) in [5, 5.41) is 6.56. The third-order valence-corrected chi connectivity index (χ3v) is 4.65. The minimum atomic E-state index is -0.309. The molecule has 8 nitrogen and oxygen atoms in total. The average Bonchev–Trinajstić information content (AvgIpc) is 3.30. The second kappa shape index (κ2) is 8.85. The van der Waals surface area contributed by atoms with Crippen molar-refractivity contribution in [1.29, 1.82) is 0 Å². The Kier molecular flexibility index (Phi) is 5.81. The first-order valence-electron chi connectivity index (χ1n) is 9.38. The number of hydrogen-bond donors (Lipinski definition) is 2. The normalized spacial score (nSPS) is 10.5. The molecule has 2 aromatic heterocycles. The van der Waals surface area contributed by atoms with Gasteiger partial charge in [-0.05, 0) is 49.4 Å². The van der Waals surface area contributed by atoms with Gasteiger partial charge < -0.3 is 15.4 Å².